The molecule has 0 aliphatic heterocycles. The molecule has 0 aliphatic rings. The molecule has 0 atom stereocenters. The summed E-state index contributed by atoms with van der Waals surface area (Å²) in [7, 11) is 1.95. The lowest BCUT2D eigenvalue weighted by molar-refractivity contribution is 0.525. The van der Waals surface area contributed by atoms with Crippen LogP contribution in [0.3, 0.4) is 0 Å². The van der Waals surface area contributed by atoms with Gasteiger partial charge in [-0.3, -0.25) is 4.79 Å². The van der Waals surface area contributed by atoms with Crippen LogP contribution in [0.25, 0.3) is 0 Å². The van der Waals surface area contributed by atoms with Crippen molar-refractivity contribution in [3.05, 3.63) is 22.6 Å². The molecule has 0 amide bonds. The summed E-state index contributed by atoms with van der Waals surface area (Å²) >= 11 is 0. The highest BCUT2D eigenvalue weighted by Crippen LogP contribution is 2.05. The van der Waals surface area contributed by atoms with E-state index in [0.717, 1.165) is 25.3 Å². The molecule has 0 aromatic carbocycles. The van der Waals surface area contributed by atoms with Gasteiger partial charge >= 0.3 is 0 Å². The van der Waals surface area contributed by atoms with Crippen molar-refractivity contribution in [2.24, 2.45) is 0 Å². The third kappa shape index (κ3) is 4.49. The van der Waals surface area contributed by atoms with Crippen LogP contribution in [0, 0.1) is 0 Å². The van der Waals surface area contributed by atoms with Gasteiger partial charge < -0.3 is 10.2 Å². The van der Waals surface area contributed by atoms with Crippen LogP contribution in [0.5, 0.6) is 0 Å². The maximum atomic E-state index is 11.8. The van der Waals surface area contributed by atoms with Gasteiger partial charge in [-0.2, -0.15) is 5.10 Å². The van der Waals surface area contributed by atoms with Gasteiger partial charge in [0.1, 0.15) is 0 Å². The Balaban J connectivity index is 2.50. The summed E-state index contributed by atoms with van der Waals surface area (Å²) in [5.74, 6) is 0. The molecule has 0 saturated carbocycles. The second-order valence-electron chi connectivity index (χ2n) is 4.39. The van der Waals surface area contributed by atoms with E-state index in [2.05, 4.69) is 17.3 Å². The van der Waals surface area contributed by atoms with Crippen molar-refractivity contribution in [1.29, 1.82) is 0 Å². The first-order valence-corrected chi connectivity index (χ1v) is 6.68. The fourth-order valence-corrected chi connectivity index (χ4v) is 1.60. The van der Waals surface area contributed by atoms with Crippen LogP contribution >= 0.6 is 0 Å². The summed E-state index contributed by atoms with van der Waals surface area (Å²) in [4.78, 5) is 13.8. The molecular formula is C13H24N4O. The molecule has 0 radical (unpaired) electrons. The van der Waals surface area contributed by atoms with E-state index in [4.69, 9.17) is 0 Å². The van der Waals surface area contributed by atoms with Crippen molar-refractivity contribution in [3.8, 4) is 0 Å². The van der Waals surface area contributed by atoms with Crippen molar-refractivity contribution in [2.45, 2.75) is 33.2 Å². The van der Waals surface area contributed by atoms with Crippen molar-refractivity contribution < 1.29 is 0 Å². The molecule has 1 rings (SSSR count). The highest BCUT2D eigenvalue weighted by Gasteiger charge is 2.02. The minimum Gasteiger partial charge on any atom is -0.373 e. The highest BCUT2D eigenvalue weighted by molar-refractivity contribution is 5.41. The molecule has 1 N–H and O–H groups in total. The van der Waals surface area contributed by atoms with Crippen molar-refractivity contribution in [2.75, 3.05) is 31.6 Å². The average molecular weight is 252 g/mol. The molecule has 0 unspecified atom stereocenters. The molecule has 1 heterocycles. The van der Waals surface area contributed by atoms with Crippen LogP contribution in [-0.4, -0.2) is 36.5 Å². The first kappa shape index (κ1) is 14.7. The van der Waals surface area contributed by atoms with Crippen molar-refractivity contribution >= 4 is 5.69 Å². The van der Waals surface area contributed by atoms with Gasteiger partial charge in [0.2, 0.25) is 0 Å². The Kier molecular flexibility index (Phi) is 6.43. The SMILES string of the molecule is CCCCNCCn1ncc(N(C)CC)cc1=O. The normalized spacial score (nSPS) is 10.6. The van der Waals surface area contributed by atoms with E-state index in [1.807, 2.05) is 18.9 Å². The number of nitrogens with one attached hydrogen (secondary N) is 1. The van der Waals surface area contributed by atoms with Crippen molar-refractivity contribution in [3.63, 3.8) is 0 Å². The summed E-state index contributed by atoms with van der Waals surface area (Å²) < 4.78 is 1.51. The number of unbranched alkanes of at least 4 members (excludes halogenated alkanes) is 1. The smallest absolute Gasteiger partial charge is 0.268 e. The summed E-state index contributed by atoms with van der Waals surface area (Å²) in [5.41, 5.74) is 0.836. The summed E-state index contributed by atoms with van der Waals surface area (Å²) in [6.45, 7) is 7.49. The van der Waals surface area contributed by atoms with E-state index in [1.54, 1.807) is 12.3 Å². The first-order chi connectivity index (χ1) is 8.69. The molecule has 18 heavy (non-hydrogen) atoms. The molecule has 0 fully saturated rings. The fraction of sp³-hybridized carbons (Fsp3) is 0.692. The Morgan fingerprint density at radius 3 is 2.78 bits per heavy atom. The van der Waals surface area contributed by atoms with Crippen LogP contribution in [0.15, 0.2) is 17.1 Å². The molecule has 5 heteroatoms. The molecule has 1 aromatic heterocycles. The molecule has 5 nitrogen and oxygen atoms in total. The Bertz CT molecular complexity index is 402. The molecule has 0 aliphatic carbocycles. The Labute approximate surface area is 109 Å². The van der Waals surface area contributed by atoms with Gasteiger partial charge in [0, 0.05) is 26.2 Å². The molecule has 0 spiro atoms. The van der Waals surface area contributed by atoms with Gasteiger partial charge in [-0.25, -0.2) is 4.68 Å². The number of hydrogen-bond acceptors (Lipinski definition) is 4. The Morgan fingerprint density at radius 1 is 1.39 bits per heavy atom. The van der Waals surface area contributed by atoms with E-state index >= 15 is 0 Å². The maximum absolute atomic E-state index is 11.8. The third-order valence-electron chi connectivity index (χ3n) is 2.98. The van der Waals surface area contributed by atoms with E-state index in [0.29, 0.717) is 6.54 Å². The van der Waals surface area contributed by atoms with Gasteiger partial charge in [0.25, 0.3) is 5.56 Å². The van der Waals surface area contributed by atoms with Crippen LogP contribution in [0.2, 0.25) is 0 Å². The summed E-state index contributed by atoms with van der Waals surface area (Å²) in [5, 5.41) is 7.49. The summed E-state index contributed by atoms with van der Waals surface area (Å²) in [6, 6.07) is 1.64. The first-order valence-electron chi connectivity index (χ1n) is 6.68. The number of aromatic nitrogens is 2. The van der Waals surface area contributed by atoms with Gasteiger partial charge in [-0.1, -0.05) is 13.3 Å². The highest BCUT2D eigenvalue weighted by atomic mass is 16.1. The van der Waals surface area contributed by atoms with Gasteiger partial charge in [0.05, 0.1) is 18.4 Å². The molecule has 0 bridgehead atoms. The number of rotatable bonds is 8. The number of hydrogen-bond donors (Lipinski definition) is 1. The van der Waals surface area contributed by atoms with E-state index < -0.39 is 0 Å². The Morgan fingerprint density at radius 2 is 2.17 bits per heavy atom. The molecule has 1 aromatic rings. The second-order valence-corrected chi connectivity index (χ2v) is 4.39. The predicted octanol–water partition coefficient (Wildman–Crippen LogP) is 1.09. The number of anilines is 1. The van der Waals surface area contributed by atoms with Crippen LogP contribution in [0.4, 0.5) is 5.69 Å². The second kappa shape index (κ2) is 7.87. The zero-order chi connectivity index (χ0) is 13.4. The summed E-state index contributed by atoms with van der Waals surface area (Å²) in [6.07, 6.45) is 4.10. The van der Waals surface area contributed by atoms with Gasteiger partial charge in [-0.15, -0.1) is 0 Å². The van der Waals surface area contributed by atoms with E-state index in [1.165, 1.54) is 17.5 Å². The zero-order valence-corrected chi connectivity index (χ0v) is 11.6. The third-order valence-corrected chi connectivity index (χ3v) is 2.98. The van der Waals surface area contributed by atoms with Crippen LogP contribution in [0.1, 0.15) is 26.7 Å². The molecule has 0 saturated heterocycles. The zero-order valence-electron chi connectivity index (χ0n) is 11.6. The monoisotopic (exact) mass is 252 g/mol. The van der Waals surface area contributed by atoms with E-state index in [9.17, 15) is 4.79 Å². The Hall–Kier alpha value is -1.36. The van der Waals surface area contributed by atoms with Gasteiger partial charge in [-0.05, 0) is 19.9 Å². The lowest BCUT2D eigenvalue weighted by Gasteiger charge is -2.16. The fourth-order valence-electron chi connectivity index (χ4n) is 1.60. The van der Waals surface area contributed by atoms with E-state index in [-0.39, 0.29) is 5.56 Å². The maximum Gasteiger partial charge on any atom is 0.268 e. The predicted molar refractivity (Wildman–Crippen MR) is 75.2 cm³/mol. The molecular weight excluding hydrogens is 228 g/mol. The minimum atomic E-state index is -0.0370. The van der Waals surface area contributed by atoms with Crippen molar-refractivity contribution in [1.82, 2.24) is 15.1 Å². The minimum absolute atomic E-state index is 0.0370. The van der Waals surface area contributed by atoms with Gasteiger partial charge in [0.15, 0.2) is 0 Å². The molecule has 102 valence electrons. The lowest BCUT2D eigenvalue weighted by atomic mass is 10.3. The topological polar surface area (TPSA) is 50.2 Å². The lowest BCUT2D eigenvalue weighted by Crippen LogP contribution is -2.30. The standard InChI is InChI=1S/C13H24N4O/c1-4-6-7-14-8-9-17-13(18)10-12(11-15-17)16(3)5-2/h10-11,14H,4-9H2,1-3H3. The van der Waals surface area contributed by atoms with Crippen LogP contribution in [-0.2, 0) is 6.54 Å². The average Bonchev–Trinajstić information content (AvgIpc) is 2.39. The quantitative estimate of drug-likeness (QED) is 0.704. The number of nitrogens with zero attached hydrogens (tertiary/aromatic N) is 3. The van der Waals surface area contributed by atoms with Crippen LogP contribution < -0.4 is 15.8 Å². The largest absolute Gasteiger partial charge is 0.373 e.